The Labute approximate surface area is 256 Å². The minimum atomic E-state index is -4.54. The summed E-state index contributed by atoms with van der Waals surface area (Å²) in [6.07, 6.45) is 0. The van der Waals surface area contributed by atoms with Gasteiger partial charge in [-0.1, -0.05) is 53.2 Å². The maximum atomic E-state index is 13.4. The van der Waals surface area contributed by atoms with Gasteiger partial charge in [-0.25, -0.2) is 0 Å². The average molecular weight is 596 g/mol. The van der Waals surface area contributed by atoms with E-state index in [1.807, 2.05) is 0 Å². The number of amides is 1. The van der Waals surface area contributed by atoms with Crippen molar-refractivity contribution in [3.63, 3.8) is 0 Å². The third-order valence-corrected chi connectivity index (χ3v) is 7.30. The van der Waals surface area contributed by atoms with Crippen molar-refractivity contribution in [1.82, 2.24) is 0 Å². The Morgan fingerprint density at radius 2 is 1.79 bits per heavy atom. The van der Waals surface area contributed by atoms with E-state index in [0.717, 1.165) is 6.07 Å². The van der Waals surface area contributed by atoms with Crippen molar-refractivity contribution in [2.45, 2.75) is 18.7 Å². The van der Waals surface area contributed by atoms with Gasteiger partial charge in [0.2, 0.25) is 0 Å². The quantitative estimate of drug-likeness (QED) is 0.189. The number of halogens is 2. The predicted molar refractivity (Wildman–Crippen MR) is 144 cm³/mol. The first-order chi connectivity index (χ1) is 18.0. The first-order valence-corrected chi connectivity index (χ1v) is 13.4. The fraction of sp³-hybridized carbons (Fsp3) is 0.115. The SMILES string of the molecule is CCOc1ccc(Cl)cc1NC(=O)c1cc2ccccc2c(N=Nc2ccc(S(=O)(=O)O)c(Cl)c2C)c1[O-].[Na+]. The smallest absolute Gasteiger partial charge is 0.870 e. The molecule has 1 amide bonds. The van der Waals surface area contributed by atoms with Gasteiger partial charge in [-0.3, -0.25) is 9.35 Å². The molecule has 9 nitrogen and oxygen atoms in total. The molecule has 0 saturated carbocycles. The zero-order chi connectivity index (χ0) is 27.6. The molecular weight excluding hydrogens is 576 g/mol. The third-order valence-electron chi connectivity index (χ3n) is 5.57. The number of hydrogen-bond donors (Lipinski definition) is 2. The van der Waals surface area contributed by atoms with Gasteiger partial charge in [-0.15, -0.1) is 0 Å². The molecule has 0 atom stereocenters. The van der Waals surface area contributed by atoms with Gasteiger partial charge in [0, 0.05) is 16.0 Å². The van der Waals surface area contributed by atoms with Crippen molar-refractivity contribution in [1.29, 1.82) is 0 Å². The second-order valence-electron chi connectivity index (χ2n) is 8.05. The average Bonchev–Trinajstić information content (AvgIpc) is 2.86. The number of nitrogens with one attached hydrogen (secondary N) is 1. The summed E-state index contributed by atoms with van der Waals surface area (Å²) in [6.45, 7) is 3.64. The number of nitrogens with zero attached hydrogens (tertiary/aromatic N) is 2. The van der Waals surface area contributed by atoms with E-state index < -0.39 is 26.7 Å². The summed E-state index contributed by atoms with van der Waals surface area (Å²) < 4.78 is 37.9. The van der Waals surface area contributed by atoms with E-state index in [1.54, 1.807) is 43.3 Å². The molecule has 39 heavy (non-hydrogen) atoms. The Hall–Kier alpha value is -2.70. The van der Waals surface area contributed by atoms with E-state index in [2.05, 4.69) is 15.5 Å². The van der Waals surface area contributed by atoms with E-state index in [-0.39, 0.29) is 57.1 Å². The van der Waals surface area contributed by atoms with Crippen LogP contribution in [0, 0.1) is 6.92 Å². The van der Waals surface area contributed by atoms with Gasteiger partial charge in [0.15, 0.2) is 0 Å². The van der Waals surface area contributed by atoms with Crippen LogP contribution in [0.4, 0.5) is 17.1 Å². The van der Waals surface area contributed by atoms with Crippen LogP contribution in [0.1, 0.15) is 22.8 Å². The Morgan fingerprint density at radius 3 is 2.49 bits per heavy atom. The number of benzene rings is 4. The van der Waals surface area contributed by atoms with Gasteiger partial charge < -0.3 is 15.2 Å². The van der Waals surface area contributed by atoms with Crippen LogP contribution in [0.15, 0.2) is 75.8 Å². The number of ether oxygens (including phenoxy) is 1. The molecule has 13 heteroatoms. The fourth-order valence-electron chi connectivity index (χ4n) is 3.71. The van der Waals surface area contributed by atoms with Crippen LogP contribution in [0.5, 0.6) is 11.5 Å². The monoisotopic (exact) mass is 595 g/mol. The summed E-state index contributed by atoms with van der Waals surface area (Å²) in [5, 5.41) is 25.5. The van der Waals surface area contributed by atoms with Crippen LogP contribution >= 0.6 is 23.2 Å². The standard InChI is InChI=1S/C26H21Cl2N3O6S.Na/c1-3-37-21-10-8-16(27)13-20(21)29-26(33)18-12-15-6-4-5-7-17(15)24(25(18)32)31-30-19-9-11-22(38(34,35)36)23(28)14(19)2;/h4-13,32H,3H2,1-2H3,(H,29,33)(H,34,35,36);/q;+1/p-1. The summed E-state index contributed by atoms with van der Waals surface area (Å²) in [4.78, 5) is 12.7. The number of rotatable bonds is 7. The van der Waals surface area contributed by atoms with E-state index in [4.69, 9.17) is 27.9 Å². The summed E-state index contributed by atoms with van der Waals surface area (Å²) in [6, 6.07) is 15.4. The van der Waals surface area contributed by atoms with Crippen molar-refractivity contribution < 1.29 is 57.2 Å². The van der Waals surface area contributed by atoms with Gasteiger partial charge >= 0.3 is 29.6 Å². The van der Waals surface area contributed by atoms with Crippen LogP contribution in [-0.2, 0) is 10.1 Å². The molecule has 0 heterocycles. The molecule has 0 bridgehead atoms. The topological polar surface area (TPSA) is 140 Å². The molecular formula is C26H20Cl2N3NaO6S. The van der Waals surface area contributed by atoms with Crippen molar-refractivity contribution >= 4 is 67.1 Å². The number of anilines is 1. The molecule has 0 aliphatic heterocycles. The maximum absolute atomic E-state index is 13.4. The van der Waals surface area contributed by atoms with E-state index in [0.29, 0.717) is 33.8 Å². The van der Waals surface area contributed by atoms with Crippen LogP contribution in [0.25, 0.3) is 10.8 Å². The number of hydrogen-bond acceptors (Lipinski definition) is 7. The Morgan fingerprint density at radius 1 is 1.08 bits per heavy atom. The molecule has 2 N–H and O–H groups in total. The zero-order valence-corrected chi connectivity index (χ0v) is 25.4. The molecule has 0 spiro atoms. The molecule has 4 aromatic carbocycles. The first kappa shape index (κ1) is 30.8. The Bertz CT molecular complexity index is 1710. The van der Waals surface area contributed by atoms with Crippen molar-refractivity contribution in [2.24, 2.45) is 10.2 Å². The third kappa shape index (κ3) is 6.72. The normalized spacial score (nSPS) is 11.4. The van der Waals surface area contributed by atoms with Gasteiger partial charge in [-0.2, -0.15) is 18.6 Å². The molecule has 0 aliphatic carbocycles. The first-order valence-electron chi connectivity index (χ1n) is 11.2. The molecule has 0 radical (unpaired) electrons. The Balaban J connectivity index is 0.00000420. The summed E-state index contributed by atoms with van der Waals surface area (Å²) >= 11 is 12.2. The van der Waals surface area contributed by atoms with E-state index in [1.165, 1.54) is 25.1 Å². The largest absolute Gasteiger partial charge is 1.00 e. The number of carbonyl (C=O) groups is 1. The zero-order valence-electron chi connectivity index (χ0n) is 21.0. The molecule has 0 aliphatic rings. The number of fused-ring (bicyclic) bond motifs is 1. The van der Waals surface area contributed by atoms with Crippen LogP contribution in [-0.4, -0.2) is 25.5 Å². The van der Waals surface area contributed by atoms with Gasteiger partial charge in [0.25, 0.3) is 16.0 Å². The van der Waals surface area contributed by atoms with Gasteiger partial charge in [0.05, 0.1) is 28.7 Å². The van der Waals surface area contributed by atoms with Crippen molar-refractivity contribution in [3.8, 4) is 11.5 Å². The number of azo groups is 1. The van der Waals surface area contributed by atoms with Crippen LogP contribution in [0.3, 0.4) is 0 Å². The second-order valence-corrected chi connectivity index (χ2v) is 10.3. The van der Waals surface area contributed by atoms with E-state index in [9.17, 15) is 22.9 Å². The summed E-state index contributed by atoms with van der Waals surface area (Å²) in [5.41, 5.74) is 0.404. The van der Waals surface area contributed by atoms with Crippen molar-refractivity contribution in [3.05, 3.63) is 81.8 Å². The molecule has 196 valence electrons. The molecule has 0 fully saturated rings. The van der Waals surface area contributed by atoms with Crippen LogP contribution < -0.4 is 44.7 Å². The molecule has 0 unspecified atom stereocenters. The molecule has 0 saturated heterocycles. The van der Waals surface area contributed by atoms with Crippen molar-refractivity contribution in [2.75, 3.05) is 11.9 Å². The summed E-state index contributed by atoms with van der Waals surface area (Å²) in [7, 11) is -4.54. The van der Waals surface area contributed by atoms with Gasteiger partial charge in [-0.05, 0) is 61.2 Å². The minimum absolute atomic E-state index is 0. The summed E-state index contributed by atoms with van der Waals surface area (Å²) in [5.74, 6) is -0.987. The minimum Gasteiger partial charge on any atom is -0.870 e. The van der Waals surface area contributed by atoms with E-state index >= 15 is 0 Å². The maximum Gasteiger partial charge on any atom is 1.00 e. The molecule has 4 rings (SSSR count). The predicted octanol–water partition coefficient (Wildman–Crippen LogP) is 3.85. The van der Waals surface area contributed by atoms with Crippen LogP contribution in [0.2, 0.25) is 10.0 Å². The molecule has 4 aromatic rings. The second kappa shape index (κ2) is 12.6. The Kier molecular flexibility index (Phi) is 10.0. The van der Waals surface area contributed by atoms with Gasteiger partial charge in [0.1, 0.15) is 10.6 Å². The fourth-order valence-corrected chi connectivity index (χ4v) is 4.95. The number of carbonyl (C=O) groups excluding carboxylic acids is 1. The molecule has 0 aromatic heterocycles.